The first kappa shape index (κ1) is 32.0. The molecule has 6 rings (SSSR count). The van der Waals surface area contributed by atoms with Crippen molar-refractivity contribution < 1.29 is 0 Å². The quantitative estimate of drug-likeness (QED) is 0.346. The van der Waals surface area contributed by atoms with Crippen LogP contribution in [-0.4, -0.2) is 128 Å². The molecule has 224 valence electrons. The van der Waals surface area contributed by atoms with Gasteiger partial charge in [0.15, 0.2) is 0 Å². The second kappa shape index (κ2) is 22.2. The summed E-state index contributed by atoms with van der Waals surface area (Å²) in [4.78, 5) is 36.4. The van der Waals surface area contributed by atoms with E-state index in [0.717, 1.165) is 35.1 Å². The van der Waals surface area contributed by atoms with Gasteiger partial charge in [0.1, 0.15) is 0 Å². The topological polar surface area (TPSA) is 147 Å². The van der Waals surface area contributed by atoms with Crippen LogP contribution in [0.25, 0.3) is 0 Å². The van der Waals surface area contributed by atoms with Crippen LogP contribution in [0.5, 0.6) is 0 Å². The lowest BCUT2D eigenvalue weighted by molar-refractivity contribution is 0.833. The van der Waals surface area contributed by atoms with Gasteiger partial charge in [-0.05, 0) is 12.8 Å². The van der Waals surface area contributed by atoms with Crippen molar-refractivity contribution in [2.24, 2.45) is 39.9 Å². The van der Waals surface area contributed by atoms with Gasteiger partial charge in [-0.3, -0.25) is 39.9 Å². The molecule has 6 heterocycles. The van der Waals surface area contributed by atoms with Crippen molar-refractivity contribution in [3.63, 3.8) is 0 Å². The molecule has 0 atom stereocenters. The monoisotopic (exact) mass is 572 g/mol. The van der Waals surface area contributed by atoms with E-state index in [-0.39, 0.29) is 0 Å². The van der Waals surface area contributed by atoms with Gasteiger partial charge < -0.3 is 21.3 Å². The number of rotatable bonds is 0. The van der Waals surface area contributed by atoms with Crippen LogP contribution in [0.4, 0.5) is 0 Å². The Kier molecular flexibility index (Phi) is 17.0. The van der Waals surface area contributed by atoms with Crippen LogP contribution >= 0.6 is 0 Å². The third-order valence-corrected chi connectivity index (χ3v) is 5.69. The first-order chi connectivity index (χ1) is 20.9. The molecule has 6 aliphatic heterocycles. The Hall–Kier alpha value is -4.48. The summed E-state index contributed by atoms with van der Waals surface area (Å²) in [5, 5.41) is 13.2. The summed E-state index contributed by atoms with van der Waals surface area (Å²) in [7, 11) is 0. The van der Waals surface area contributed by atoms with Gasteiger partial charge in [0, 0.05) is 149 Å². The Morgan fingerprint density at radius 2 is 0.524 bits per heavy atom. The fourth-order valence-electron chi connectivity index (χ4n) is 3.57. The van der Waals surface area contributed by atoms with Crippen molar-refractivity contribution in [3.8, 4) is 0 Å². The summed E-state index contributed by atoms with van der Waals surface area (Å²) in [5.74, 6) is 0. The molecule has 4 N–H and O–H groups in total. The Morgan fingerprint density at radius 3 is 0.762 bits per heavy atom. The fraction of sp³-hybridized carbons (Fsp3) is 0.467. The minimum atomic E-state index is 0.640. The highest BCUT2D eigenvalue weighted by atomic mass is 14.9. The van der Waals surface area contributed by atoms with Crippen molar-refractivity contribution >= 4 is 49.7 Å². The minimum Gasteiger partial charge on any atom is -0.388 e. The molecule has 12 heteroatoms. The second-order valence-electron chi connectivity index (χ2n) is 9.38. The standard InChI is InChI=1S/C30H44N12/c1-3-31-15-27-19-35-7-11-39-23-29(24-40-12-8-36-20-27)17-33-5-2-6-34-18-30-25-41-13-9-37-21-28(16-32-4-1)22-38-10-14-42-26-30/h15-26,35,37,40,42H,1-14H2. The lowest BCUT2D eigenvalue weighted by atomic mass is 10.3. The maximum atomic E-state index is 4.57. The molecule has 0 aromatic rings. The second-order valence-corrected chi connectivity index (χ2v) is 9.38. The van der Waals surface area contributed by atoms with Gasteiger partial charge in [0.05, 0.1) is 26.2 Å². The van der Waals surface area contributed by atoms with E-state index in [1.807, 2.05) is 74.5 Å². The van der Waals surface area contributed by atoms with Gasteiger partial charge in [-0.1, -0.05) is 0 Å². The molecular formula is C30H44N12. The van der Waals surface area contributed by atoms with Gasteiger partial charge in [-0.25, -0.2) is 0 Å². The van der Waals surface area contributed by atoms with Gasteiger partial charge in [0.25, 0.3) is 0 Å². The number of hydrogen-bond donors (Lipinski definition) is 4. The van der Waals surface area contributed by atoms with Crippen molar-refractivity contribution in [1.82, 2.24) is 21.3 Å². The first-order valence-corrected chi connectivity index (χ1v) is 14.6. The predicted molar refractivity (Wildman–Crippen MR) is 180 cm³/mol. The third-order valence-electron chi connectivity index (χ3n) is 5.69. The molecule has 0 unspecified atom stereocenters. The molecule has 0 aromatic heterocycles. The Balaban J connectivity index is 1.73. The molecule has 0 saturated carbocycles. The van der Waals surface area contributed by atoms with Gasteiger partial charge >= 0.3 is 0 Å². The average molecular weight is 573 g/mol. The number of allylic oxidation sites excluding steroid dienone is 4. The Labute approximate surface area is 249 Å². The highest BCUT2D eigenvalue weighted by Crippen LogP contribution is 1.94. The molecule has 0 aromatic carbocycles. The maximum absolute atomic E-state index is 4.57. The molecule has 12 nitrogen and oxygen atoms in total. The number of nitrogens with zero attached hydrogens (tertiary/aromatic N) is 8. The summed E-state index contributed by atoms with van der Waals surface area (Å²) in [6.07, 6.45) is 24.2. The number of hydrogen-bond acceptors (Lipinski definition) is 12. The van der Waals surface area contributed by atoms with E-state index >= 15 is 0 Å². The molecule has 0 radical (unpaired) electrons. The summed E-state index contributed by atoms with van der Waals surface area (Å²) in [6, 6.07) is 0. The predicted octanol–water partition coefficient (Wildman–Crippen LogP) is 1.27. The van der Waals surface area contributed by atoms with E-state index < -0.39 is 0 Å². The van der Waals surface area contributed by atoms with Crippen LogP contribution in [0.2, 0.25) is 0 Å². The van der Waals surface area contributed by atoms with Crippen molar-refractivity contribution in [1.29, 1.82) is 0 Å². The molecule has 42 heavy (non-hydrogen) atoms. The number of nitrogens with one attached hydrogen (secondary N) is 4. The van der Waals surface area contributed by atoms with Crippen molar-refractivity contribution in [2.75, 3.05) is 78.5 Å². The molecule has 0 spiro atoms. The average Bonchev–Trinajstić information content (AvgIpc) is 2.99. The van der Waals surface area contributed by atoms with Crippen LogP contribution in [0.3, 0.4) is 0 Å². The molecule has 0 saturated heterocycles. The first-order valence-electron chi connectivity index (χ1n) is 14.6. The lowest BCUT2D eigenvalue weighted by Crippen LogP contribution is -2.15. The molecule has 0 amide bonds. The highest BCUT2D eigenvalue weighted by molar-refractivity contribution is 6.05. The highest BCUT2D eigenvalue weighted by Gasteiger charge is 1.96. The molecule has 0 aliphatic carbocycles. The minimum absolute atomic E-state index is 0.640. The van der Waals surface area contributed by atoms with Crippen LogP contribution in [0.15, 0.2) is 87.0 Å². The third kappa shape index (κ3) is 15.9. The number of aliphatic imine (C=N–C) groups is 8. The Bertz CT molecular complexity index is 971. The van der Waals surface area contributed by atoms with Crippen molar-refractivity contribution in [2.45, 2.75) is 12.8 Å². The lowest BCUT2D eigenvalue weighted by Gasteiger charge is -2.03. The maximum Gasteiger partial charge on any atom is 0.0562 e. The van der Waals surface area contributed by atoms with E-state index in [0.29, 0.717) is 78.5 Å². The van der Waals surface area contributed by atoms with E-state index in [4.69, 9.17) is 0 Å². The molecule has 0 fully saturated rings. The molecular weight excluding hydrogens is 528 g/mol. The van der Waals surface area contributed by atoms with Crippen LogP contribution in [0, 0.1) is 0 Å². The van der Waals surface area contributed by atoms with Gasteiger partial charge in [-0.2, -0.15) is 0 Å². The zero-order valence-electron chi connectivity index (χ0n) is 24.4. The summed E-state index contributed by atoms with van der Waals surface area (Å²) in [5.41, 5.74) is 3.68. The zero-order chi connectivity index (χ0) is 29.2. The molecule has 6 aliphatic rings. The molecule has 4 bridgehead atoms. The van der Waals surface area contributed by atoms with Gasteiger partial charge in [-0.15, -0.1) is 0 Å². The summed E-state index contributed by atoms with van der Waals surface area (Å²) < 4.78 is 0. The fourth-order valence-corrected chi connectivity index (χ4v) is 3.57. The van der Waals surface area contributed by atoms with E-state index in [1.165, 1.54) is 0 Å². The Morgan fingerprint density at radius 1 is 0.310 bits per heavy atom. The van der Waals surface area contributed by atoms with Crippen molar-refractivity contribution in [3.05, 3.63) is 47.1 Å². The van der Waals surface area contributed by atoms with E-state index in [2.05, 4.69) is 61.2 Å². The summed E-state index contributed by atoms with van der Waals surface area (Å²) >= 11 is 0. The smallest absolute Gasteiger partial charge is 0.0562 e. The zero-order valence-corrected chi connectivity index (χ0v) is 24.4. The summed E-state index contributed by atoms with van der Waals surface area (Å²) in [6.45, 7) is 8.10. The van der Waals surface area contributed by atoms with E-state index in [1.54, 1.807) is 0 Å². The SMILES string of the molecule is C1=NCCCN=CC2=CNCCN=CC(=CNCCN=C2)C=NCCCN=CC2=CNCCN=CC1=CNCCN=C2. The van der Waals surface area contributed by atoms with Crippen LogP contribution in [-0.2, 0) is 0 Å². The normalized spacial score (nSPS) is 20.6. The van der Waals surface area contributed by atoms with Gasteiger partial charge in [0.2, 0.25) is 0 Å². The largest absolute Gasteiger partial charge is 0.388 e. The van der Waals surface area contributed by atoms with Crippen LogP contribution < -0.4 is 21.3 Å². The van der Waals surface area contributed by atoms with E-state index in [9.17, 15) is 0 Å². The van der Waals surface area contributed by atoms with Crippen LogP contribution in [0.1, 0.15) is 12.8 Å².